The van der Waals surface area contributed by atoms with E-state index in [1.54, 1.807) is 36.7 Å². The van der Waals surface area contributed by atoms with Crippen molar-refractivity contribution in [2.45, 2.75) is 5.92 Å². The van der Waals surface area contributed by atoms with E-state index in [-0.39, 0.29) is 18.3 Å². The van der Waals surface area contributed by atoms with Crippen LogP contribution in [0.25, 0.3) is 33.5 Å². The fraction of sp³-hybridized carbons (Fsp3) is 0.111. The van der Waals surface area contributed by atoms with E-state index in [4.69, 9.17) is 4.74 Å². The molecular formula is C27H21F2N5O2. The number of amides is 1. The van der Waals surface area contributed by atoms with Crippen LogP contribution < -0.4 is 5.32 Å². The predicted octanol–water partition coefficient (Wildman–Crippen LogP) is 5.33. The number of fused-ring (bicyclic) bond motifs is 1. The molecule has 0 saturated heterocycles. The van der Waals surface area contributed by atoms with Gasteiger partial charge in [-0.1, -0.05) is 18.2 Å². The van der Waals surface area contributed by atoms with Gasteiger partial charge in [-0.25, -0.2) is 13.8 Å². The summed E-state index contributed by atoms with van der Waals surface area (Å²) >= 11 is 0. The SMILES string of the molecule is COC[C@H](C(=O)Nc1cc(-c2[nH]c3cc(F)cnc3c2-c2ccccn2)ccn1)c1ccc(F)cc1. The van der Waals surface area contributed by atoms with Gasteiger partial charge in [-0.15, -0.1) is 0 Å². The monoisotopic (exact) mass is 485 g/mol. The van der Waals surface area contributed by atoms with Gasteiger partial charge in [0.25, 0.3) is 0 Å². The van der Waals surface area contributed by atoms with E-state index in [2.05, 4.69) is 25.3 Å². The van der Waals surface area contributed by atoms with Crippen LogP contribution in [0, 0.1) is 11.6 Å². The molecule has 9 heteroatoms. The number of aromatic nitrogens is 4. The third kappa shape index (κ3) is 4.69. The Morgan fingerprint density at radius 1 is 1.00 bits per heavy atom. The summed E-state index contributed by atoms with van der Waals surface area (Å²) in [5.74, 6) is -1.55. The minimum Gasteiger partial charge on any atom is -0.384 e. The quantitative estimate of drug-likeness (QED) is 0.325. The maximum absolute atomic E-state index is 13.9. The van der Waals surface area contributed by atoms with Crippen molar-refractivity contribution in [3.63, 3.8) is 0 Å². The van der Waals surface area contributed by atoms with Crippen molar-refractivity contribution >= 4 is 22.8 Å². The van der Waals surface area contributed by atoms with Gasteiger partial charge in [-0.3, -0.25) is 14.8 Å². The molecule has 0 unspecified atom stereocenters. The van der Waals surface area contributed by atoms with Crippen LogP contribution in [-0.2, 0) is 9.53 Å². The highest BCUT2D eigenvalue weighted by molar-refractivity contribution is 6.01. The van der Waals surface area contributed by atoms with Crippen LogP contribution in [0.5, 0.6) is 0 Å². The first-order valence-corrected chi connectivity index (χ1v) is 11.1. The summed E-state index contributed by atoms with van der Waals surface area (Å²) in [6.45, 7) is 0.111. The molecule has 0 fully saturated rings. The van der Waals surface area contributed by atoms with E-state index in [1.165, 1.54) is 25.3 Å². The molecule has 0 aliphatic heterocycles. The number of pyridine rings is 3. The Hall–Kier alpha value is -4.50. The maximum Gasteiger partial charge on any atom is 0.235 e. The third-order valence-electron chi connectivity index (χ3n) is 5.74. The number of methoxy groups -OCH3 is 1. The molecule has 4 heterocycles. The van der Waals surface area contributed by atoms with Crippen LogP contribution >= 0.6 is 0 Å². The van der Waals surface area contributed by atoms with Crippen LogP contribution in [0.4, 0.5) is 14.6 Å². The van der Waals surface area contributed by atoms with Crippen LogP contribution in [0.2, 0.25) is 0 Å². The number of nitrogens with zero attached hydrogens (tertiary/aromatic N) is 3. The molecule has 0 spiro atoms. The van der Waals surface area contributed by atoms with E-state index >= 15 is 0 Å². The fourth-order valence-corrected chi connectivity index (χ4v) is 4.08. The average Bonchev–Trinajstić information content (AvgIpc) is 3.27. The van der Waals surface area contributed by atoms with Crippen LogP contribution in [0.1, 0.15) is 11.5 Å². The molecule has 0 saturated carbocycles. The molecule has 5 rings (SSSR count). The molecule has 0 bridgehead atoms. The van der Waals surface area contributed by atoms with Crippen molar-refractivity contribution in [1.82, 2.24) is 19.9 Å². The third-order valence-corrected chi connectivity index (χ3v) is 5.74. The number of rotatable bonds is 7. The highest BCUT2D eigenvalue weighted by Crippen LogP contribution is 2.37. The Labute approximate surface area is 205 Å². The molecule has 5 aromatic rings. The molecule has 0 radical (unpaired) electrons. The molecule has 0 aliphatic carbocycles. The molecule has 1 amide bonds. The summed E-state index contributed by atoms with van der Waals surface area (Å²) in [5, 5.41) is 2.82. The van der Waals surface area contributed by atoms with Gasteiger partial charge < -0.3 is 15.0 Å². The maximum atomic E-state index is 13.9. The molecule has 0 aliphatic rings. The number of carbonyl (C=O) groups is 1. The highest BCUT2D eigenvalue weighted by atomic mass is 19.1. The molecule has 1 atom stereocenters. The van der Waals surface area contributed by atoms with E-state index < -0.39 is 11.7 Å². The lowest BCUT2D eigenvalue weighted by atomic mass is 9.99. The van der Waals surface area contributed by atoms with Crippen LogP contribution in [0.15, 0.2) is 79.3 Å². The molecule has 4 aromatic heterocycles. The van der Waals surface area contributed by atoms with Crippen molar-refractivity contribution in [2.24, 2.45) is 0 Å². The molecule has 180 valence electrons. The second-order valence-corrected chi connectivity index (χ2v) is 8.12. The lowest BCUT2D eigenvalue weighted by molar-refractivity contribution is -0.118. The number of carbonyl (C=O) groups excluding carboxylic acids is 1. The van der Waals surface area contributed by atoms with Crippen molar-refractivity contribution in [2.75, 3.05) is 19.0 Å². The number of aromatic amines is 1. The Balaban J connectivity index is 1.52. The van der Waals surface area contributed by atoms with E-state index in [0.29, 0.717) is 44.9 Å². The van der Waals surface area contributed by atoms with Crippen molar-refractivity contribution < 1.29 is 18.3 Å². The summed E-state index contributed by atoms with van der Waals surface area (Å²) in [7, 11) is 1.49. The summed E-state index contributed by atoms with van der Waals surface area (Å²) in [5.41, 5.74) is 4.44. The van der Waals surface area contributed by atoms with Gasteiger partial charge in [0, 0.05) is 31.1 Å². The number of hydrogen-bond acceptors (Lipinski definition) is 5. The minimum atomic E-state index is -0.662. The first-order chi connectivity index (χ1) is 17.5. The van der Waals surface area contributed by atoms with Crippen LogP contribution in [-0.4, -0.2) is 39.6 Å². The summed E-state index contributed by atoms with van der Waals surface area (Å²) in [4.78, 5) is 29.4. The Bertz CT molecular complexity index is 1520. The molecule has 7 nitrogen and oxygen atoms in total. The number of H-pyrrole nitrogens is 1. The summed E-state index contributed by atoms with van der Waals surface area (Å²) in [6, 6.07) is 16.1. The molecule has 2 N–H and O–H groups in total. The number of ether oxygens (including phenoxy) is 1. The Morgan fingerprint density at radius 2 is 1.83 bits per heavy atom. The number of nitrogens with one attached hydrogen (secondary N) is 2. The first kappa shape index (κ1) is 23.3. The van der Waals surface area contributed by atoms with Gasteiger partial charge in [0.1, 0.15) is 17.5 Å². The van der Waals surface area contributed by atoms with Crippen molar-refractivity contribution in [3.8, 4) is 22.5 Å². The largest absolute Gasteiger partial charge is 0.384 e. The first-order valence-electron chi connectivity index (χ1n) is 11.1. The molecular weight excluding hydrogens is 464 g/mol. The number of benzene rings is 1. The van der Waals surface area contributed by atoms with Gasteiger partial charge in [-0.05, 0) is 42.0 Å². The topological polar surface area (TPSA) is 92.8 Å². The number of hydrogen-bond donors (Lipinski definition) is 2. The molecule has 1 aromatic carbocycles. The van der Waals surface area contributed by atoms with Gasteiger partial charge >= 0.3 is 0 Å². The zero-order valence-corrected chi connectivity index (χ0v) is 19.2. The lowest BCUT2D eigenvalue weighted by Crippen LogP contribution is -2.25. The average molecular weight is 485 g/mol. The number of halogens is 2. The van der Waals surface area contributed by atoms with E-state index in [9.17, 15) is 13.6 Å². The summed E-state index contributed by atoms with van der Waals surface area (Å²) < 4.78 is 32.5. The molecule has 36 heavy (non-hydrogen) atoms. The van der Waals surface area contributed by atoms with Gasteiger partial charge in [0.15, 0.2) is 0 Å². The Morgan fingerprint density at radius 3 is 2.58 bits per heavy atom. The fourth-order valence-electron chi connectivity index (χ4n) is 4.08. The van der Waals surface area contributed by atoms with Gasteiger partial charge in [0.05, 0.1) is 46.7 Å². The smallest absolute Gasteiger partial charge is 0.235 e. The van der Waals surface area contributed by atoms with Crippen LogP contribution in [0.3, 0.4) is 0 Å². The summed E-state index contributed by atoms with van der Waals surface area (Å²) in [6.07, 6.45) is 4.40. The minimum absolute atomic E-state index is 0.111. The van der Waals surface area contributed by atoms with Gasteiger partial charge in [-0.2, -0.15) is 0 Å². The van der Waals surface area contributed by atoms with Crippen molar-refractivity contribution in [3.05, 3.63) is 96.5 Å². The van der Waals surface area contributed by atoms with Crippen molar-refractivity contribution in [1.29, 1.82) is 0 Å². The van der Waals surface area contributed by atoms with Gasteiger partial charge in [0.2, 0.25) is 5.91 Å². The predicted molar refractivity (Wildman–Crippen MR) is 132 cm³/mol. The highest BCUT2D eigenvalue weighted by Gasteiger charge is 2.22. The Kier molecular flexibility index (Phi) is 6.46. The normalized spacial score (nSPS) is 12.0. The van der Waals surface area contributed by atoms with E-state index in [1.807, 2.05) is 18.2 Å². The number of anilines is 1. The second kappa shape index (κ2) is 10.0. The van der Waals surface area contributed by atoms with E-state index in [0.717, 1.165) is 6.20 Å². The second-order valence-electron chi connectivity index (χ2n) is 8.12. The standard InChI is InChI=1S/C27H21F2N5O2/c1-36-15-20(16-5-7-18(28)8-6-16)27(35)34-23-12-17(9-11-31-23)25-24(21-4-2-3-10-30-21)26-22(33-25)13-19(29)14-32-26/h2-14,20,33H,15H2,1H3,(H,31,34,35)/t20-/m0/s1. The zero-order valence-electron chi connectivity index (χ0n) is 19.2. The zero-order chi connectivity index (χ0) is 25.1. The lowest BCUT2D eigenvalue weighted by Gasteiger charge is -2.16.